The van der Waals surface area contributed by atoms with E-state index in [1.54, 1.807) is 19.1 Å². The number of ether oxygens (including phenoxy) is 1. The number of nitrogen functional groups attached to an aromatic ring is 1. The molecule has 0 spiro atoms. The molecule has 0 radical (unpaired) electrons. The number of anilines is 2. The Morgan fingerprint density at radius 1 is 1.39 bits per heavy atom. The fourth-order valence-electron chi connectivity index (χ4n) is 2.33. The average molecular weight is 267 g/mol. The highest BCUT2D eigenvalue weighted by atomic mass is 32.2. The average Bonchev–Trinajstić information content (AvgIpc) is 2.40. The minimum Gasteiger partial charge on any atom is -0.397 e. The highest BCUT2D eigenvalue weighted by Gasteiger charge is 2.20. The molecule has 0 amide bonds. The fraction of sp³-hybridized carbons (Fsp3) is 0.538. The standard InChI is InChI=1S/C13H21N3OS/c1-15-18-11-3-4-13(12(14)9-11)16-7-5-10(17-2)6-8-16/h3-4,9-10,15H,5-8,14H2,1-2H3. The Hall–Kier alpha value is -0.910. The predicted octanol–water partition coefficient (Wildman–Crippen LogP) is 2.11. The van der Waals surface area contributed by atoms with Crippen molar-refractivity contribution in [3.05, 3.63) is 18.2 Å². The lowest BCUT2D eigenvalue weighted by Gasteiger charge is -2.33. The molecule has 0 atom stereocenters. The lowest BCUT2D eigenvalue weighted by molar-refractivity contribution is 0.0819. The molecule has 100 valence electrons. The van der Waals surface area contributed by atoms with E-state index in [1.165, 1.54) is 0 Å². The molecule has 0 bridgehead atoms. The number of hydrogen-bond donors (Lipinski definition) is 2. The SMILES string of the molecule is CNSc1ccc(N2CCC(OC)CC2)c(N)c1. The van der Waals surface area contributed by atoms with Crippen LogP contribution in [0.5, 0.6) is 0 Å². The van der Waals surface area contributed by atoms with Gasteiger partial charge in [0.2, 0.25) is 0 Å². The number of nitrogens with zero attached hydrogens (tertiary/aromatic N) is 1. The second-order valence-corrected chi connectivity index (χ2v) is 5.53. The van der Waals surface area contributed by atoms with Crippen LogP contribution in [0.1, 0.15) is 12.8 Å². The molecule has 3 N–H and O–H groups in total. The smallest absolute Gasteiger partial charge is 0.0605 e. The summed E-state index contributed by atoms with van der Waals surface area (Å²) in [4.78, 5) is 3.49. The third kappa shape index (κ3) is 3.10. The number of benzene rings is 1. The van der Waals surface area contributed by atoms with E-state index in [9.17, 15) is 0 Å². The first kappa shape index (κ1) is 13.5. The lowest BCUT2D eigenvalue weighted by Crippen LogP contribution is -2.37. The third-order valence-electron chi connectivity index (χ3n) is 3.33. The van der Waals surface area contributed by atoms with Gasteiger partial charge in [0.15, 0.2) is 0 Å². The van der Waals surface area contributed by atoms with E-state index in [1.807, 2.05) is 13.1 Å². The molecule has 1 fully saturated rings. The molecule has 18 heavy (non-hydrogen) atoms. The molecule has 1 saturated heterocycles. The molecule has 1 aromatic carbocycles. The van der Waals surface area contributed by atoms with Crippen LogP contribution < -0.4 is 15.4 Å². The number of piperidine rings is 1. The summed E-state index contributed by atoms with van der Waals surface area (Å²) in [6.07, 6.45) is 2.55. The van der Waals surface area contributed by atoms with Gasteiger partial charge in [0.25, 0.3) is 0 Å². The normalized spacial score (nSPS) is 17.1. The van der Waals surface area contributed by atoms with Gasteiger partial charge in [0, 0.05) is 25.1 Å². The van der Waals surface area contributed by atoms with Gasteiger partial charge in [-0.05, 0) is 50.0 Å². The van der Waals surface area contributed by atoms with Gasteiger partial charge in [-0.1, -0.05) is 0 Å². The fourth-order valence-corrected chi connectivity index (χ4v) is 2.89. The Morgan fingerprint density at radius 2 is 2.11 bits per heavy atom. The molecule has 2 rings (SSSR count). The van der Waals surface area contributed by atoms with Crippen molar-refractivity contribution in [3.8, 4) is 0 Å². The molecule has 5 heteroatoms. The zero-order valence-electron chi connectivity index (χ0n) is 11.0. The van der Waals surface area contributed by atoms with Crippen LogP contribution in [0.25, 0.3) is 0 Å². The van der Waals surface area contributed by atoms with E-state index in [0.29, 0.717) is 6.10 Å². The van der Waals surface area contributed by atoms with Crippen LogP contribution in [0, 0.1) is 0 Å². The highest BCUT2D eigenvalue weighted by Crippen LogP contribution is 2.30. The van der Waals surface area contributed by atoms with Crippen molar-refractivity contribution in [1.29, 1.82) is 0 Å². The molecule has 1 aliphatic rings. The monoisotopic (exact) mass is 267 g/mol. The van der Waals surface area contributed by atoms with Crippen molar-refractivity contribution in [3.63, 3.8) is 0 Å². The van der Waals surface area contributed by atoms with Crippen LogP contribution >= 0.6 is 11.9 Å². The third-order valence-corrected chi connectivity index (χ3v) is 4.03. The largest absolute Gasteiger partial charge is 0.397 e. The molecular formula is C13H21N3OS. The van der Waals surface area contributed by atoms with Crippen molar-refractivity contribution in [2.45, 2.75) is 23.8 Å². The van der Waals surface area contributed by atoms with Gasteiger partial charge in [-0.2, -0.15) is 0 Å². The summed E-state index contributed by atoms with van der Waals surface area (Å²) in [5, 5.41) is 0. The van der Waals surface area contributed by atoms with E-state index >= 15 is 0 Å². The Morgan fingerprint density at radius 3 is 2.67 bits per heavy atom. The first-order chi connectivity index (χ1) is 8.74. The summed E-state index contributed by atoms with van der Waals surface area (Å²) >= 11 is 1.58. The van der Waals surface area contributed by atoms with E-state index in [0.717, 1.165) is 42.2 Å². The molecule has 1 aromatic rings. The number of hydrogen-bond acceptors (Lipinski definition) is 5. The molecular weight excluding hydrogens is 246 g/mol. The summed E-state index contributed by atoms with van der Waals surface area (Å²) in [6.45, 7) is 2.03. The lowest BCUT2D eigenvalue weighted by atomic mass is 10.1. The summed E-state index contributed by atoms with van der Waals surface area (Å²) in [5.41, 5.74) is 8.13. The molecule has 1 aliphatic heterocycles. The summed E-state index contributed by atoms with van der Waals surface area (Å²) in [7, 11) is 3.70. The second-order valence-electron chi connectivity index (χ2n) is 4.45. The Labute approximate surface area is 113 Å². The minimum absolute atomic E-state index is 0.404. The van der Waals surface area contributed by atoms with E-state index in [-0.39, 0.29) is 0 Å². The van der Waals surface area contributed by atoms with E-state index in [4.69, 9.17) is 10.5 Å². The minimum atomic E-state index is 0.404. The van der Waals surface area contributed by atoms with Crippen LogP contribution in [0.4, 0.5) is 11.4 Å². The first-order valence-corrected chi connectivity index (χ1v) is 7.07. The molecule has 0 saturated carbocycles. The van der Waals surface area contributed by atoms with Gasteiger partial charge >= 0.3 is 0 Å². The number of methoxy groups -OCH3 is 1. The first-order valence-electron chi connectivity index (χ1n) is 6.25. The maximum absolute atomic E-state index is 6.14. The molecule has 0 unspecified atom stereocenters. The maximum atomic E-state index is 6.14. The Bertz CT molecular complexity index is 392. The molecule has 0 aromatic heterocycles. The van der Waals surface area contributed by atoms with Gasteiger partial charge in [0.05, 0.1) is 17.5 Å². The van der Waals surface area contributed by atoms with Gasteiger partial charge in [-0.25, -0.2) is 0 Å². The summed E-state index contributed by atoms with van der Waals surface area (Å²) < 4.78 is 8.44. The summed E-state index contributed by atoms with van der Waals surface area (Å²) in [5.74, 6) is 0. The number of nitrogens with one attached hydrogen (secondary N) is 1. The number of rotatable bonds is 4. The summed E-state index contributed by atoms with van der Waals surface area (Å²) in [6, 6.07) is 6.25. The van der Waals surface area contributed by atoms with Crippen molar-refractivity contribution in [2.75, 3.05) is 37.9 Å². The van der Waals surface area contributed by atoms with Gasteiger partial charge in [-0.3, -0.25) is 4.72 Å². The van der Waals surface area contributed by atoms with E-state index < -0.39 is 0 Å². The highest BCUT2D eigenvalue weighted by molar-refractivity contribution is 7.97. The van der Waals surface area contributed by atoms with Gasteiger partial charge in [-0.15, -0.1) is 0 Å². The van der Waals surface area contributed by atoms with E-state index in [2.05, 4.69) is 21.8 Å². The second kappa shape index (κ2) is 6.31. The van der Waals surface area contributed by atoms with Crippen LogP contribution in [0.2, 0.25) is 0 Å². The van der Waals surface area contributed by atoms with Crippen molar-refractivity contribution in [2.24, 2.45) is 0 Å². The van der Waals surface area contributed by atoms with Crippen molar-refractivity contribution >= 4 is 23.3 Å². The predicted molar refractivity (Wildman–Crippen MR) is 78.0 cm³/mol. The zero-order valence-corrected chi connectivity index (χ0v) is 11.8. The van der Waals surface area contributed by atoms with Crippen LogP contribution in [-0.4, -0.2) is 33.4 Å². The quantitative estimate of drug-likeness (QED) is 0.646. The zero-order chi connectivity index (χ0) is 13.0. The van der Waals surface area contributed by atoms with Crippen molar-refractivity contribution in [1.82, 2.24) is 4.72 Å². The topological polar surface area (TPSA) is 50.5 Å². The Balaban J connectivity index is 2.05. The number of nitrogens with two attached hydrogens (primary N) is 1. The molecule has 4 nitrogen and oxygen atoms in total. The van der Waals surface area contributed by atoms with Gasteiger partial charge in [0.1, 0.15) is 0 Å². The van der Waals surface area contributed by atoms with Crippen molar-refractivity contribution < 1.29 is 4.74 Å². The molecule has 1 heterocycles. The van der Waals surface area contributed by atoms with Gasteiger partial charge < -0.3 is 15.4 Å². The van der Waals surface area contributed by atoms with Crippen LogP contribution in [0.3, 0.4) is 0 Å². The molecule has 0 aliphatic carbocycles. The van der Waals surface area contributed by atoms with Crippen LogP contribution in [-0.2, 0) is 4.74 Å². The Kier molecular flexibility index (Phi) is 4.74. The van der Waals surface area contributed by atoms with Crippen LogP contribution in [0.15, 0.2) is 23.1 Å². The maximum Gasteiger partial charge on any atom is 0.0605 e.